The fourth-order valence-electron chi connectivity index (χ4n) is 1.77. The second-order valence-electron chi connectivity index (χ2n) is 4.16. The Balaban J connectivity index is 2.04. The van der Waals surface area contributed by atoms with Crippen molar-refractivity contribution >= 4 is 23.6 Å². The monoisotopic (exact) mass is 287 g/mol. The lowest BCUT2D eigenvalue weighted by atomic mass is 10.1. The van der Waals surface area contributed by atoms with Crippen LogP contribution in [0.5, 0.6) is 0 Å². The molecule has 2 N–H and O–H groups in total. The van der Waals surface area contributed by atoms with Crippen molar-refractivity contribution in [3.05, 3.63) is 35.4 Å². The molecule has 2 atom stereocenters. The van der Waals surface area contributed by atoms with Gasteiger partial charge in [-0.3, -0.25) is 4.79 Å². The van der Waals surface area contributed by atoms with Crippen LogP contribution in [0.25, 0.3) is 0 Å². The Hall–Kier alpha value is -1.63. The first kappa shape index (κ1) is 13.8. The van der Waals surface area contributed by atoms with Crippen LogP contribution >= 0.6 is 11.8 Å². The van der Waals surface area contributed by atoms with Gasteiger partial charge in [0.25, 0.3) is 0 Å². The van der Waals surface area contributed by atoms with Crippen molar-refractivity contribution in [2.24, 2.45) is 0 Å². The third kappa shape index (κ3) is 3.23. The number of aliphatic carboxylic acids is 1. The lowest BCUT2D eigenvalue weighted by Crippen LogP contribution is -2.51. The maximum absolute atomic E-state index is 13.5. The molecule has 0 aromatic heterocycles. The van der Waals surface area contributed by atoms with Gasteiger partial charge in [0, 0.05) is 11.8 Å². The van der Waals surface area contributed by atoms with E-state index in [1.54, 1.807) is 0 Å². The number of thioether (sulfide) groups is 1. The smallest absolute Gasteiger partial charge is 0.327 e. The van der Waals surface area contributed by atoms with E-state index in [4.69, 9.17) is 5.11 Å². The normalized spacial score (nSPS) is 22.9. The second kappa shape index (κ2) is 5.56. The zero-order chi connectivity index (χ0) is 14.0. The van der Waals surface area contributed by atoms with Gasteiger partial charge in [0.15, 0.2) is 0 Å². The highest BCUT2D eigenvalue weighted by molar-refractivity contribution is 8.00. The number of benzene rings is 1. The van der Waals surface area contributed by atoms with Crippen LogP contribution in [0.15, 0.2) is 18.2 Å². The molecule has 7 heteroatoms. The minimum atomic E-state index is -1.09. The topological polar surface area (TPSA) is 66.4 Å². The molecular weight excluding hydrogens is 276 g/mol. The molecule has 0 bridgehead atoms. The summed E-state index contributed by atoms with van der Waals surface area (Å²) >= 11 is 1.16. The fraction of sp³-hybridized carbons (Fsp3) is 0.333. The van der Waals surface area contributed by atoms with E-state index >= 15 is 0 Å². The molecule has 1 aromatic rings. The van der Waals surface area contributed by atoms with Crippen LogP contribution in [0.1, 0.15) is 5.56 Å². The van der Waals surface area contributed by atoms with E-state index in [1.165, 1.54) is 6.07 Å². The molecule has 1 saturated heterocycles. The van der Waals surface area contributed by atoms with Crippen molar-refractivity contribution in [1.29, 1.82) is 0 Å². The van der Waals surface area contributed by atoms with Crippen molar-refractivity contribution in [1.82, 2.24) is 5.32 Å². The van der Waals surface area contributed by atoms with E-state index in [0.717, 1.165) is 23.9 Å². The van der Waals surface area contributed by atoms with E-state index in [1.807, 2.05) is 0 Å². The summed E-state index contributed by atoms with van der Waals surface area (Å²) in [7, 11) is 0. The minimum absolute atomic E-state index is 0.106. The van der Waals surface area contributed by atoms with E-state index in [-0.39, 0.29) is 17.7 Å². The molecule has 1 aliphatic heterocycles. The van der Waals surface area contributed by atoms with Gasteiger partial charge in [-0.25, -0.2) is 13.6 Å². The van der Waals surface area contributed by atoms with Gasteiger partial charge in [0.1, 0.15) is 17.7 Å². The number of amides is 1. The van der Waals surface area contributed by atoms with Crippen molar-refractivity contribution in [2.45, 2.75) is 17.7 Å². The summed E-state index contributed by atoms with van der Waals surface area (Å²) in [6, 6.07) is 2.28. The van der Waals surface area contributed by atoms with Crippen LogP contribution in [0.2, 0.25) is 0 Å². The van der Waals surface area contributed by atoms with Gasteiger partial charge in [-0.15, -0.1) is 11.8 Å². The predicted octanol–water partition coefficient (Wildman–Crippen LogP) is 1.19. The number of carboxylic acid groups (broad SMARTS) is 1. The summed E-state index contributed by atoms with van der Waals surface area (Å²) in [5, 5.41) is 10.6. The predicted molar refractivity (Wildman–Crippen MR) is 65.9 cm³/mol. The highest BCUT2D eigenvalue weighted by Gasteiger charge is 2.32. The molecule has 1 aromatic carbocycles. The van der Waals surface area contributed by atoms with Crippen LogP contribution < -0.4 is 5.32 Å². The van der Waals surface area contributed by atoms with Crippen LogP contribution in [-0.2, 0) is 16.0 Å². The minimum Gasteiger partial charge on any atom is -0.480 e. The first-order chi connectivity index (χ1) is 8.97. The van der Waals surface area contributed by atoms with Crippen LogP contribution in [0, 0.1) is 11.6 Å². The molecule has 1 heterocycles. The summed E-state index contributed by atoms with van der Waals surface area (Å²) in [4.78, 5) is 22.4. The third-order valence-electron chi connectivity index (χ3n) is 2.79. The number of rotatable bonds is 3. The number of hydrogen-bond donors (Lipinski definition) is 2. The van der Waals surface area contributed by atoms with Crippen LogP contribution in [0.4, 0.5) is 8.78 Å². The lowest BCUT2D eigenvalue weighted by Gasteiger charge is -2.26. The summed E-state index contributed by atoms with van der Waals surface area (Å²) in [6.45, 7) is 0. The standard InChI is InChI=1S/C12H11F2NO3S/c13-7-2-1-6(8(14)4-7)3-10-11(16)15-9(5-19-10)12(17)18/h1-2,4,9-10H,3,5H2,(H,15,16)(H,17,18)/t9-,10+/m1/s1. The van der Waals surface area contributed by atoms with E-state index in [0.29, 0.717) is 0 Å². The molecule has 0 spiro atoms. The summed E-state index contributed by atoms with van der Waals surface area (Å²) < 4.78 is 26.2. The van der Waals surface area contributed by atoms with Crippen LogP contribution in [0.3, 0.4) is 0 Å². The summed E-state index contributed by atoms with van der Waals surface area (Å²) in [5.41, 5.74) is 0.239. The van der Waals surface area contributed by atoms with Gasteiger partial charge in [0.2, 0.25) is 5.91 Å². The molecule has 102 valence electrons. The first-order valence-corrected chi connectivity index (χ1v) is 6.61. The number of halogens is 2. The highest BCUT2D eigenvalue weighted by atomic mass is 32.2. The number of nitrogens with one attached hydrogen (secondary N) is 1. The third-order valence-corrected chi connectivity index (χ3v) is 4.10. The molecule has 1 aliphatic rings. The molecular formula is C12H11F2NO3S. The Labute approximate surface area is 112 Å². The molecule has 0 saturated carbocycles. The van der Waals surface area contributed by atoms with Gasteiger partial charge in [-0.2, -0.15) is 0 Å². The van der Waals surface area contributed by atoms with Crippen molar-refractivity contribution < 1.29 is 23.5 Å². The molecule has 1 fully saturated rings. The van der Waals surface area contributed by atoms with Gasteiger partial charge < -0.3 is 10.4 Å². The maximum Gasteiger partial charge on any atom is 0.327 e. The maximum atomic E-state index is 13.5. The molecule has 2 rings (SSSR count). The summed E-state index contributed by atoms with van der Waals surface area (Å²) in [6.07, 6.45) is 0.106. The largest absolute Gasteiger partial charge is 0.480 e. The van der Waals surface area contributed by atoms with Gasteiger partial charge in [-0.05, 0) is 18.1 Å². The van der Waals surface area contributed by atoms with E-state index in [2.05, 4.69) is 5.32 Å². The van der Waals surface area contributed by atoms with Crippen molar-refractivity contribution in [2.75, 3.05) is 5.75 Å². The molecule has 0 aliphatic carbocycles. The number of carbonyl (C=O) groups is 2. The lowest BCUT2D eigenvalue weighted by molar-refractivity contribution is -0.141. The van der Waals surface area contributed by atoms with Crippen LogP contribution in [-0.4, -0.2) is 34.0 Å². The molecule has 4 nitrogen and oxygen atoms in total. The SMILES string of the molecule is O=C1N[C@@H](C(=O)O)CS[C@H]1Cc1ccc(F)cc1F. The molecule has 1 amide bonds. The van der Waals surface area contributed by atoms with Gasteiger partial charge in [0.05, 0.1) is 5.25 Å². The molecule has 0 radical (unpaired) electrons. The van der Waals surface area contributed by atoms with E-state index < -0.39 is 34.8 Å². The average Bonchev–Trinajstić information content (AvgIpc) is 2.34. The number of carbonyl (C=O) groups excluding carboxylic acids is 1. The molecule has 0 unspecified atom stereocenters. The first-order valence-electron chi connectivity index (χ1n) is 5.56. The van der Waals surface area contributed by atoms with E-state index in [9.17, 15) is 18.4 Å². The number of carboxylic acids is 1. The van der Waals surface area contributed by atoms with Crippen molar-refractivity contribution in [3.8, 4) is 0 Å². The highest BCUT2D eigenvalue weighted by Crippen LogP contribution is 2.23. The Morgan fingerprint density at radius 3 is 2.79 bits per heavy atom. The zero-order valence-electron chi connectivity index (χ0n) is 9.73. The van der Waals surface area contributed by atoms with Gasteiger partial charge in [-0.1, -0.05) is 6.07 Å². The Morgan fingerprint density at radius 1 is 1.47 bits per heavy atom. The fourth-order valence-corrected chi connectivity index (χ4v) is 2.93. The quantitative estimate of drug-likeness (QED) is 0.876. The Morgan fingerprint density at radius 2 is 2.21 bits per heavy atom. The van der Waals surface area contributed by atoms with Crippen molar-refractivity contribution in [3.63, 3.8) is 0 Å². The second-order valence-corrected chi connectivity index (χ2v) is 5.40. The Bertz CT molecular complexity index is 524. The summed E-state index contributed by atoms with van der Waals surface area (Å²) in [5.74, 6) is -2.67. The number of hydrogen-bond acceptors (Lipinski definition) is 3. The Kier molecular flexibility index (Phi) is 4.04. The zero-order valence-corrected chi connectivity index (χ0v) is 10.5. The average molecular weight is 287 g/mol. The molecule has 19 heavy (non-hydrogen) atoms. The van der Waals surface area contributed by atoms with Gasteiger partial charge >= 0.3 is 5.97 Å².